The Morgan fingerprint density at radius 3 is 2.52 bits per heavy atom. The molecule has 3 N–H and O–H groups in total. The molecule has 1 aliphatic rings. The van der Waals surface area contributed by atoms with Gasteiger partial charge in [-0.1, -0.05) is 59.6 Å². The number of carbonyl (C=O) groups is 1. The molecule has 0 unspecified atom stereocenters. The standard InChI is InChI=1S/C21H25Cl2N3O/c1-16(24-14-18-7-8-19(22)13-20(18)23)21(27)26-11-9-25(10-12-26)15-17-5-3-2-4-6-17/h2-8,13,16,24H,9-12,14-15H2,1H3/p+2/t16-/m0/s1. The van der Waals surface area contributed by atoms with Gasteiger partial charge in [0.1, 0.15) is 13.1 Å². The smallest absolute Gasteiger partial charge is 0.280 e. The number of hydrogen-bond donors (Lipinski definition) is 2. The largest absolute Gasteiger partial charge is 0.332 e. The second kappa shape index (κ2) is 9.56. The third-order valence-corrected chi connectivity index (χ3v) is 5.76. The minimum atomic E-state index is -0.118. The molecule has 1 aliphatic heterocycles. The molecule has 0 saturated carbocycles. The molecule has 3 rings (SSSR count). The van der Waals surface area contributed by atoms with Crippen LogP contribution in [0.4, 0.5) is 0 Å². The third kappa shape index (κ3) is 5.69. The first-order chi connectivity index (χ1) is 13.0. The summed E-state index contributed by atoms with van der Waals surface area (Å²) < 4.78 is 0. The number of hydrogen-bond acceptors (Lipinski definition) is 1. The van der Waals surface area contributed by atoms with Gasteiger partial charge in [0.2, 0.25) is 0 Å². The predicted octanol–water partition coefficient (Wildman–Crippen LogP) is 1.37. The quantitative estimate of drug-likeness (QED) is 0.745. The highest BCUT2D eigenvalue weighted by Crippen LogP contribution is 2.20. The summed E-state index contributed by atoms with van der Waals surface area (Å²) >= 11 is 12.2. The number of nitrogens with one attached hydrogen (secondary N) is 1. The zero-order valence-corrected chi connectivity index (χ0v) is 17.1. The van der Waals surface area contributed by atoms with E-state index < -0.39 is 0 Å². The molecule has 0 radical (unpaired) electrons. The highest BCUT2D eigenvalue weighted by molar-refractivity contribution is 6.35. The van der Waals surface area contributed by atoms with Crippen molar-refractivity contribution in [1.82, 2.24) is 4.90 Å². The van der Waals surface area contributed by atoms with E-state index in [1.807, 2.05) is 35.3 Å². The van der Waals surface area contributed by atoms with Crippen LogP contribution in [-0.2, 0) is 17.9 Å². The highest BCUT2D eigenvalue weighted by Gasteiger charge is 2.28. The van der Waals surface area contributed by atoms with Crippen LogP contribution in [0.2, 0.25) is 10.0 Å². The van der Waals surface area contributed by atoms with Crippen molar-refractivity contribution in [1.29, 1.82) is 0 Å². The van der Waals surface area contributed by atoms with Crippen LogP contribution in [0.5, 0.6) is 0 Å². The van der Waals surface area contributed by atoms with E-state index in [-0.39, 0.29) is 11.9 Å². The summed E-state index contributed by atoms with van der Waals surface area (Å²) in [5.74, 6) is 0.207. The summed E-state index contributed by atoms with van der Waals surface area (Å²) in [6, 6.07) is 15.9. The van der Waals surface area contributed by atoms with E-state index in [0.29, 0.717) is 16.6 Å². The van der Waals surface area contributed by atoms with Crippen molar-refractivity contribution in [2.24, 2.45) is 0 Å². The average Bonchev–Trinajstić information content (AvgIpc) is 2.68. The van der Waals surface area contributed by atoms with Gasteiger partial charge in [0.05, 0.1) is 31.2 Å². The molecule has 0 aromatic heterocycles. The Bertz CT molecular complexity index is 761. The normalized spacial score (nSPS) is 16.3. The van der Waals surface area contributed by atoms with Crippen LogP contribution < -0.4 is 10.2 Å². The predicted molar refractivity (Wildman–Crippen MR) is 109 cm³/mol. The highest BCUT2D eigenvalue weighted by atomic mass is 35.5. The lowest BCUT2D eigenvalue weighted by Gasteiger charge is -2.33. The van der Waals surface area contributed by atoms with Gasteiger partial charge >= 0.3 is 0 Å². The molecule has 0 spiro atoms. The van der Waals surface area contributed by atoms with Gasteiger partial charge in [-0.2, -0.15) is 0 Å². The zero-order valence-electron chi connectivity index (χ0n) is 15.6. The number of carbonyl (C=O) groups excluding carboxylic acids is 1. The number of benzene rings is 2. The molecular formula is C21H27Cl2N3O+2. The van der Waals surface area contributed by atoms with E-state index in [0.717, 1.165) is 38.3 Å². The molecule has 1 amide bonds. The molecule has 0 bridgehead atoms. The maximum absolute atomic E-state index is 12.8. The van der Waals surface area contributed by atoms with Crippen LogP contribution in [0.25, 0.3) is 0 Å². The molecule has 6 heteroatoms. The maximum atomic E-state index is 12.8. The van der Waals surface area contributed by atoms with Crippen molar-refractivity contribution in [3.63, 3.8) is 0 Å². The fraction of sp³-hybridized carbons (Fsp3) is 0.381. The van der Waals surface area contributed by atoms with Gasteiger partial charge in [0, 0.05) is 16.1 Å². The van der Waals surface area contributed by atoms with Crippen LogP contribution >= 0.6 is 23.2 Å². The molecule has 1 heterocycles. The first-order valence-electron chi connectivity index (χ1n) is 9.46. The van der Waals surface area contributed by atoms with Gasteiger partial charge in [0.25, 0.3) is 5.91 Å². The first kappa shape index (κ1) is 20.2. The topological polar surface area (TPSA) is 41.4 Å². The lowest BCUT2D eigenvalue weighted by molar-refractivity contribution is -0.917. The van der Waals surface area contributed by atoms with Crippen molar-refractivity contribution in [3.05, 3.63) is 69.7 Å². The molecule has 144 valence electrons. The summed E-state index contributed by atoms with van der Waals surface area (Å²) in [5, 5.41) is 3.32. The Hall–Kier alpha value is -1.59. The first-order valence-corrected chi connectivity index (χ1v) is 10.2. The molecule has 1 fully saturated rings. The Kier molecular flexibility index (Phi) is 7.13. The van der Waals surface area contributed by atoms with Gasteiger partial charge < -0.3 is 15.1 Å². The van der Waals surface area contributed by atoms with Gasteiger partial charge in [0.15, 0.2) is 6.04 Å². The summed E-state index contributed by atoms with van der Waals surface area (Å²) in [6.45, 7) is 7.30. The van der Waals surface area contributed by atoms with E-state index >= 15 is 0 Å². The minimum absolute atomic E-state index is 0.118. The van der Waals surface area contributed by atoms with Crippen LogP contribution in [-0.4, -0.2) is 43.0 Å². The van der Waals surface area contributed by atoms with Gasteiger partial charge in [-0.15, -0.1) is 0 Å². The van der Waals surface area contributed by atoms with Crippen molar-refractivity contribution in [2.75, 3.05) is 26.2 Å². The molecule has 4 nitrogen and oxygen atoms in total. The van der Waals surface area contributed by atoms with E-state index in [9.17, 15) is 4.79 Å². The number of rotatable bonds is 6. The number of halogens is 2. The number of nitrogens with zero attached hydrogens (tertiary/aromatic N) is 1. The van der Waals surface area contributed by atoms with E-state index in [1.54, 1.807) is 6.07 Å². The average molecular weight is 408 g/mol. The van der Waals surface area contributed by atoms with Crippen LogP contribution in [0.3, 0.4) is 0 Å². The molecule has 0 aliphatic carbocycles. The Morgan fingerprint density at radius 2 is 1.85 bits per heavy atom. The van der Waals surface area contributed by atoms with Gasteiger partial charge in [-0.3, -0.25) is 4.79 Å². The lowest BCUT2D eigenvalue weighted by atomic mass is 10.1. The van der Waals surface area contributed by atoms with Gasteiger partial charge in [-0.05, 0) is 19.1 Å². The van der Waals surface area contributed by atoms with E-state index in [4.69, 9.17) is 23.2 Å². The van der Waals surface area contributed by atoms with E-state index in [2.05, 4.69) is 24.3 Å². The van der Waals surface area contributed by atoms with Crippen molar-refractivity contribution in [3.8, 4) is 0 Å². The second-order valence-corrected chi connectivity index (χ2v) is 8.05. The van der Waals surface area contributed by atoms with Crippen LogP contribution in [0.15, 0.2) is 48.5 Å². The maximum Gasteiger partial charge on any atom is 0.280 e. The van der Waals surface area contributed by atoms with Crippen LogP contribution in [0, 0.1) is 0 Å². The van der Waals surface area contributed by atoms with Gasteiger partial charge in [-0.25, -0.2) is 0 Å². The third-order valence-electron chi connectivity index (χ3n) is 5.18. The van der Waals surface area contributed by atoms with Crippen molar-refractivity contribution < 1.29 is 15.0 Å². The number of piperazine rings is 1. The fourth-order valence-corrected chi connectivity index (χ4v) is 3.97. The number of amides is 1. The minimum Gasteiger partial charge on any atom is -0.332 e. The SMILES string of the molecule is C[C@H]([NH2+]Cc1ccc(Cl)cc1Cl)C(=O)N1CC[NH+](Cc2ccccc2)CC1. The second-order valence-electron chi connectivity index (χ2n) is 7.20. The molecule has 1 atom stereocenters. The molecule has 2 aromatic carbocycles. The van der Waals surface area contributed by atoms with Crippen molar-refractivity contribution >= 4 is 29.1 Å². The zero-order chi connectivity index (χ0) is 19.2. The fourth-order valence-electron chi connectivity index (χ4n) is 3.48. The Morgan fingerprint density at radius 1 is 1.15 bits per heavy atom. The Labute approximate surface area is 171 Å². The van der Waals surface area contributed by atoms with Crippen molar-refractivity contribution in [2.45, 2.75) is 26.1 Å². The molecule has 2 aromatic rings. The summed E-state index contributed by atoms with van der Waals surface area (Å²) in [7, 11) is 0. The monoisotopic (exact) mass is 407 g/mol. The molecule has 1 saturated heterocycles. The lowest BCUT2D eigenvalue weighted by Crippen LogP contribution is -3.13. The van der Waals surface area contributed by atoms with Crippen LogP contribution in [0.1, 0.15) is 18.1 Å². The van der Waals surface area contributed by atoms with E-state index in [1.165, 1.54) is 10.5 Å². The summed E-state index contributed by atoms with van der Waals surface area (Å²) in [4.78, 5) is 16.3. The number of quaternary nitrogens is 2. The molecule has 27 heavy (non-hydrogen) atoms. The number of nitrogens with two attached hydrogens (primary N) is 1. The molecular weight excluding hydrogens is 381 g/mol. The summed E-state index contributed by atoms with van der Waals surface area (Å²) in [5.41, 5.74) is 2.35. The summed E-state index contributed by atoms with van der Waals surface area (Å²) in [6.07, 6.45) is 0. The Balaban J connectivity index is 1.45.